The summed E-state index contributed by atoms with van der Waals surface area (Å²) in [4.78, 5) is 0. The third-order valence-corrected chi connectivity index (χ3v) is 3.93. The van der Waals surface area contributed by atoms with E-state index in [9.17, 15) is 5.11 Å². The molecule has 1 unspecified atom stereocenters. The molecule has 19 heavy (non-hydrogen) atoms. The Morgan fingerprint density at radius 3 is 2.84 bits per heavy atom. The highest BCUT2D eigenvalue weighted by Gasteiger charge is 2.10. The van der Waals surface area contributed by atoms with Gasteiger partial charge in [0, 0.05) is 11.6 Å². The molecule has 0 spiro atoms. The maximum Gasteiger partial charge on any atom is 0.120 e. The minimum atomic E-state index is 0.199. The predicted octanol–water partition coefficient (Wildman–Crippen LogP) is 4.24. The van der Waals surface area contributed by atoms with Crippen molar-refractivity contribution in [2.75, 3.05) is 6.54 Å². The number of phenolic OH excluding ortho intramolecular Hbond substituents is 1. The van der Waals surface area contributed by atoms with Gasteiger partial charge in [0.15, 0.2) is 0 Å². The van der Waals surface area contributed by atoms with E-state index >= 15 is 0 Å². The van der Waals surface area contributed by atoms with E-state index in [1.807, 2.05) is 19.1 Å². The van der Waals surface area contributed by atoms with Gasteiger partial charge in [0.25, 0.3) is 0 Å². The molecule has 0 bridgehead atoms. The first-order valence-electron chi connectivity index (χ1n) is 7.37. The highest BCUT2D eigenvalue weighted by Crippen LogP contribution is 2.25. The zero-order valence-corrected chi connectivity index (χ0v) is 12.1. The molecule has 0 heterocycles. The van der Waals surface area contributed by atoms with Crippen molar-refractivity contribution in [3.8, 4) is 5.75 Å². The van der Waals surface area contributed by atoms with Crippen LogP contribution in [0.5, 0.6) is 5.75 Å². The van der Waals surface area contributed by atoms with Crippen LogP contribution in [0.25, 0.3) is 0 Å². The first kappa shape index (κ1) is 14.1. The quantitative estimate of drug-likeness (QED) is 0.775. The van der Waals surface area contributed by atoms with Crippen molar-refractivity contribution in [3.63, 3.8) is 0 Å². The van der Waals surface area contributed by atoms with Crippen LogP contribution in [0.15, 0.2) is 29.8 Å². The van der Waals surface area contributed by atoms with Gasteiger partial charge in [-0.3, -0.25) is 0 Å². The second kappa shape index (κ2) is 6.76. The van der Waals surface area contributed by atoms with Crippen molar-refractivity contribution in [1.29, 1.82) is 0 Å². The number of hydrogen-bond acceptors (Lipinski definition) is 2. The summed E-state index contributed by atoms with van der Waals surface area (Å²) in [7, 11) is 0. The van der Waals surface area contributed by atoms with Crippen LogP contribution >= 0.6 is 0 Å². The van der Waals surface area contributed by atoms with E-state index < -0.39 is 0 Å². The molecule has 0 fully saturated rings. The monoisotopic (exact) mass is 259 g/mol. The van der Waals surface area contributed by atoms with Crippen LogP contribution < -0.4 is 5.32 Å². The van der Waals surface area contributed by atoms with Crippen molar-refractivity contribution in [2.24, 2.45) is 0 Å². The van der Waals surface area contributed by atoms with E-state index in [1.54, 1.807) is 5.57 Å². The van der Waals surface area contributed by atoms with Crippen molar-refractivity contribution in [2.45, 2.75) is 52.0 Å². The van der Waals surface area contributed by atoms with Gasteiger partial charge >= 0.3 is 0 Å². The molecule has 1 aromatic carbocycles. The smallest absolute Gasteiger partial charge is 0.120 e. The lowest BCUT2D eigenvalue weighted by molar-refractivity contribution is 0.452. The Morgan fingerprint density at radius 2 is 2.16 bits per heavy atom. The average molecular weight is 259 g/mol. The van der Waals surface area contributed by atoms with E-state index in [4.69, 9.17) is 0 Å². The highest BCUT2D eigenvalue weighted by molar-refractivity contribution is 5.37. The second-order valence-corrected chi connectivity index (χ2v) is 5.60. The highest BCUT2D eigenvalue weighted by atomic mass is 16.3. The van der Waals surface area contributed by atoms with E-state index in [0.29, 0.717) is 5.75 Å². The number of rotatable bonds is 5. The summed E-state index contributed by atoms with van der Waals surface area (Å²) >= 11 is 0. The summed E-state index contributed by atoms with van der Waals surface area (Å²) in [6, 6.07) is 6.10. The third-order valence-electron chi connectivity index (χ3n) is 3.93. The Bertz CT molecular complexity index is 451. The summed E-state index contributed by atoms with van der Waals surface area (Å²) < 4.78 is 0. The van der Waals surface area contributed by atoms with Gasteiger partial charge in [0.05, 0.1) is 0 Å². The van der Waals surface area contributed by atoms with Gasteiger partial charge in [0.2, 0.25) is 0 Å². The van der Waals surface area contributed by atoms with E-state index in [2.05, 4.69) is 24.4 Å². The van der Waals surface area contributed by atoms with E-state index in [1.165, 1.54) is 25.7 Å². The average Bonchev–Trinajstić information content (AvgIpc) is 2.39. The lowest BCUT2D eigenvalue weighted by Crippen LogP contribution is -2.20. The summed E-state index contributed by atoms with van der Waals surface area (Å²) in [6.07, 6.45) is 8.76. The molecule has 0 amide bonds. The van der Waals surface area contributed by atoms with Gasteiger partial charge in [-0.25, -0.2) is 0 Å². The summed E-state index contributed by atoms with van der Waals surface area (Å²) in [5.74, 6) is 0.400. The number of benzene rings is 1. The van der Waals surface area contributed by atoms with E-state index in [-0.39, 0.29) is 6.04 Å². The Morgan fingerprint density at radius 1 is 1.32 bits per heavy atom. The Kier molecular flexibility index (Phi) is 5.03. The Balaban J connectivity index is 1.83. The number of hydrogen-bond donors (Lipinski definition) is 2. The van der Waals surface area contributed by atoms with Crippen LogP contribution in [0.4, 0.5) is 0 Å². The van der Waals surface area contributed by atoms with Crippen LogP contribution in [0.3, 0.4) is 0 Å². The first-order chi connectivity index (χ1) is 9.16. The fourth-order valence-corrected chi connectivity index (χ4v) is 2.71. The minimum Gasteiger partial charge on any atom is -0.508 e. The fourth-order valence-electron chi connectivity index (χ4n) is 2.71. The minimum absolute atomic E-state index is 0.199. The number of allylic oxidation sites excluding steroid dienone is 1. The van der Waals surface area contributed by atoms with Crippen LogP contribution in [0.1, 0.15) is 56.2 Å². The molecule has 1 aliphatic carbocycles. The molecule has 1 aliphatic rings. The molecule has 104 valence electrons. The van der Waals surface area contributed by atoms with Gasteiger partial charge in [-0.05, 0) is 64.1 Å². The van der Waals surface area contributed by atoms with Gasteiger partial charge in [-0.15, -0.1) is 0 Å². The van der Waals surface area contributed by atoms with Crippen molar-refractivity contribution in [3.05, 3.63) is 41.0 Å². The SMILES string of the molecule is Cc1ccc(C(C)NCCC2=CCCCC2)c(O)c1. The zero-order valence-electron chi connectivity index (χ0n) is 12.1. The number of nitrogens with one attached hydrogen (secondary N) is 1. The molecular formula is C17H25NO. The van der Waals surface area contributed by atoms with Gasteiger partial charge < -0.3 is 10.4 Å². The largest absolute Gasteiger partial charge is 0.508 e. The first-order valence-corrected chi connectivity index (χ1v) is 7.37. The zero-order chi connectivity index (χ0) is 13.7. The molecule has 2 N–H and O–H groups in total. The molecule has 1 atom stereocenters. The molecular weight excluding hydrogens is 234 g/mol. The van der Waals surface area contributed by atoms with Crippen LogP contribution in [-0.2, 0) is 0 Å². The van der Waals surface area contributed by atoms with Gasteiger partial charge in [-0.1, -0.05) is 23.8 Å². The summed E-state index contributed by atoms with van der Waals surface area (Å²) in [5, 5.41) is 13.5. The lowest BCUT2D eigenvalue weighted by Gasteiger charge is -2.18. The molecule has 1 aromatic rings. The van der Waals surface area contributed by atoms with Crippen LogP contribution in [-0.4, -0.2) is 11.7 Å². The second-order valence-electron chi connectivity index (χ2n) is 5.60. The van der Waals surface area contributed by atoms with Gasteiger partial charge in [-0.2, -0.15) is 0 Å². The number of phenols is 1. The third kappa shape index (κ3) is 4.10. The maximum absolute atomic E-state index is 9.96. The molecule has 2 nitrogen and oxygen atoms in total. The van der Waals surface area contributed by atoms with Crippen molar-refractivity contribution >= 4 is 0 Å². The lowest BCUT2D eigenvalue weighted by atomic mass is 9.97. The molecule has 0 saturated carbocycles. The Labute approximate surface area is 116 Å². The number of aromatic hydroxyl groups is 1. The normalized spacial score (nSPS) is 17.1. The standard InChI is InChI=1S/C17H25NO/c1-13-8-9-16(17(19)12-13)14(2)18-11-10-15-6-4-3-5-7-15/h6,8-9,12,14,18-19H,3-5,7,10-11H2,1-2H3. The van der Waals surface area contributed by atoms with Crippen molar-refractivity contribution < 1.29 is 5.11 Å². The molecule has 2 rings (SSSR count). The Hall–Kier alpha value is -1.28. The maximum atomic E-state index is 9.96. The fraction of sp³-hybridized carbons (Fsp3) is 0.529. The van der Waals surface area contributed by atoms with Crippen molar-refractivity contribution in [1.82, 2.24) is 5.32 Å². The molecule has 0 aliphatic heterocycles. The molecule has 0 saturated heterocycles. The summed E-state index contributed by atoms with van der Waals surface area (Å²) in [5.41, 5.74) is 3.68. The number of aryl methyl sites for hydroxylation is 1. The predicted molar refractivity (Wildman–Crippen MR) is 80.4 cm³/mol. The molecule has 0 aromatic heterocycles. The van der Waals surface area contributed by atoms with E-state index in [0.717, 1.165) is 24.1 Å². The van der Waals surface area contributed by atoms with Gasteiger partial charge in [0.1, 0.15) is 5.75 Å². The van der Waals surface area contributed by atoms with Crippen LogP contribution in [0, 0.1) is 6.92 Å². The summed E-state index contributed by atoms with van der Waals surface area (Å²) in [6.45, 7) is 5.09. The molecule has 0 radical (unpaired) electrons. The molecule has 2 heteroatoms. The van der Waals surface area contributed by atoms with Crippen LogP contribution in [0.2, 0.25) is 0 Å². The topological polar surface area (TPSA) is 32.3 Å².